The summed E-state index contributed by atoms with van der Waals surface area (Å²) in [5.74, 6) is -8.37. The lowest BCUT2D eigenvalue weighted by atomic mass is 10.1. The summed E-state index contributed by atoms with van der Waals surface area (Å²) in [6.45, 7) is 0.124. The van der Waals surface area contributed by atoms with Gasteiger partial charge in [-0.1, -0.05) is 0 Å². The molecule has 15 heteroatoms. The molecule has 1 saturated heterocycles. The molecule has 32 heavy (non-hydrogen) atoms. The van der Waals surface area contributed by atoms with Gasteiger partial charge in [0.2, 0.25) is 23.6 Å². The number of hydrogen-bond donors (Lipinski definition) is 7. The van der Waals surface area contributed by atoms with Crippen molar-refractivity contribution in [3.63, 3.8) is 0 Å². The fourth-order valence-corrected chi connectivity index (χ4v) is 3.12. The summed E-state index contributed by atoms with van der Waals surface area (Å²) in [7, 11) is 0. The number of carbonyl (C=O) groups is 7. The highest BCUT2D eigenvalue weighted by atomic mass is 16.4. The van der Waals surface area contributed by atoms with Crippen molar-refractivity contribution >= 4 is 41.5 Å². The Labute approximate surface area is 181 Å². The molecule has 0 radical (unpaired) electrons. The Balaban J connectivity index is 2.94. The molecule has 9 N–H and O–H groups in total. The van der Waals surface area contributed by atoms with Crippen LogP contribution in [0, 0.1) is 0 Å². The van der Waals surface area contributed by atoms with E-state index in [2.05, 4.69) is 5.32 Å². The number of aliphatic carboxylic acids is 3. The normalized spacial score (nSPS) is 18.2. The third-order valence-corrected chi connectivity index (χ3v) is 4.58. The summed E-state index contributed by atoms with van der Waals surface area (Å²) in [6, 6.07) is -6.00. The van der Waals surface area contributed by atoms with Gasteiger partial charge in [0.05, 0.1) is 25.3 Å². The standard InChI is InChI=1S/C17H25N5O10/c18-7(4-11(19)23)16(30)22-3-1-2-10(22)15(29)20-8(5-12(24)25)14(28)21-9(17(31)32)6-13(26)27/h7-10H,1-6,18H2,(H2,19,23)(H,20,29)(H,21,28)(H,24,25)(H,26,27)(H,31,32). The smallest absolute Gasteiger partial charge is 0.326 e. The largest absolute Gasteiger partial charge is 0.481 e. The number of hydrogen-bond acceptors (Lipinski definition) is 8. The maximum Gasteiger partial charge on any atom is 0.326 e. The molecule has 4 atom stereocenters. The fourth-order valence-electron chi connectivity index (χ4n) is 3.12. The SMILES string of the molecule is NC(=O)CC(N)C(=O)N1CCCC1C(=O)NC(CC(=O)O)C(=O)NC(CC(=O)O)C(=O)O. The zero-order valence-electron chi connectivity index (χ0n) is 16.9. The van der Waals surface area contributed by atoms with Gasteiger partial charge >= 0.3 is 17.9 Å². The highest BCUT2D eigenvalue weighted by Crippen LogP contribution is 2.19. The van der Waals surface area contributed by atoms with Crippen LogP contribution in [0.5, 0.6) is 0 Å². The fraction of sp³-hybridized carbons (Fsp3) is 0.588. The van der Waals surface area contributed by atoms with Crippen LogP contribution >= 0.6 is 0 Å². The van der Waals surface area contributed by atoms with Crippen LogP contribution in [-0.2, 0) is 33.6 Å². The van der Waals surface area contributed by atoms with Crippen molar-refractivity contribution in [2.45, 2.75) is 56.3 Å². The van der Waals surface area contributed by atoms with E-state index >= 15 is 0 Å². The molecule has 0 aromatic heterocycles. The first-order chi connectivity index (χ1) is 14.8. The summed E-state index contributed by atoms with van der Waals surface area (Å²) in [6.07, 6.45) is -1.80. The molecule has 15 nitrogen and oxygen atoms in total. The van der Waals surface area contributed by atoms with Gasteiger partial charge < -0.3 is 42.3 Å². The zero-order valence-corrected chi connectivity index (χ0v) is 16.9. The van der Waals surface area contributed by atoms with Gasteiger partial charge in [-0.3, -0.25) is 28.8 Å². The van der Waals surface area contributed by atoms with Crippen LogP contribution in [0.2, 0.25) is 0 Å². The van der Waals surface area contributed by atoms with Gasteiger partial charge in [0.15, 0.2) is 0 Å². The number of nitrogens with two attached hydrogens (primary N) is 2. The summed E-state index contributed by atoms with van der Waals surface area (Å²) < 4.78 is 0. The van der Waals surface area contributed by atoms with Gasteiger partial charge in [0.25, 0.3) is 0 Å². The third-order valence-electron chi connectivity index (χ3n) is 4.58. The molecular formula is C17H25N5O10. The number of carbonyl (C=O) groups excluding carboxylic acids is 4. The zero-order chi connectivity index (χ0) is 24.6. The maximum absolute atomic E-state index is 12.7. The van der Waals surface area contributed by atoms with E-state index in [0.29, 0.717) is 6.42 Å². The number of primary amides is 1. The van der Waals surface area contributed by atoms with Crippen LogP contribution in [-0.4, -0.2) is 92.5 Å². The van der Waals surface area contributed by atoms with Gasteiger partial charge in [0, 0.05) is 6.54 Å². The molecule has 0 bridgehead atoms. The topological polar surface area (TPSA) is 260 Å². The van der Waals surface area contributed by atoms with Crippen molar-refractivity contribution in [2.24, 2.45) is 11.5 Å². The first-order valence-electron chi connectivity index (χ1n) is 9.45. The van der Waals surface area contributed by atoms with E-state index in [9.17, 15) is 33.6 Å². The molecule has 4 unspecified atom stereocenters. The average molecular weight is 459 g/mol. The van der Waals surface area contributed by atoms with Crippen molar-refractivity contribution in [1.29, 1.82) is 0 Å². The molecule has 0 aromatic carbocycles. The second kappa shape index (κ2) is 11.6. The lowest BCUT2D eigenvalue weighted by molar-refractivity contribution is -0.148. The number of likely N-dealkylation sites (tertiary alicyclic amines) is 1. The van der Waals surface area contributed by atoms with Crippen molar-refractivity contribution in [1.82, 2.24) is 15.5 Å². The van der Waals surface area contributed by atoms with E-state index in [4.69, 9.17) is 26.8 Å². The predicted molar refractivity (Wildman–Crippen MR) is 103 cm³/mol. The van der Waals surface area contributed by atoms with Crippen LogP contribution in [0.1, 0.15) is 32.1 Å². The minimum absolute atomic E-state index is 0.124. The van der Waals surface area contributed by atoms with Gasteiger partial charge in [-0.25, -0.2) is 4.79 Å². The lowest BCUT2D eigenvalue weighted by Gasteiger charge is -2.28. The van der Waals surface area contributed by atoms with Crippen LogP contribution < -0.4 is 22.1 Å². The van der Waals surface area contributed by atoms with E-state index < -0.39 is 85.0 Å². The Morgan fingerprint density at radius 3 is 1.97 bits per heavy atom. The number of rotatable bonds is 12. The molecule has 0 aliphatic carbocycles. The van der Waals surface area contributed by atoms with Gasteiger partial charge in [-0.15, -0.1) is 0 Å². The third kappa shape index (κ3) is 7.82. The molecular weight excluding hydrogens is 434 g/mol. The molecule has 4 amide bonds. The summed E-state index contributed by atoms with van der Waals surface area (Å²) >= 11 is 0. The van der Waals surface area contributed by atoms with Gasteiger partial charge in [0.1, 0.15) is 18.1 Å². The van der Waals surface area contributed by atoms with Crippen LogP contribution in [0.3, 0.4) is 0 Å². The van der Waals surface area contributed by atoms with Crippen LogP contribution in [0.4, 0.5) is 0 Å². The predicted octanol–water partition coefficient (Wildman–Crippen LogP) is -3.82. The Bertz CT molecular complexity index is 801. The second-order valence-electron chi connectivity index (χ2n) is 7.12. The number of nitrogens with one attached hydrogen (secondary N) is 2. The van der Waals surface area contributed by atoms with Crippen molar-refractivity contribution in [2.75, 3.05) is 6.54 Å². The quantitative estimate of drug-likeness (QED) is 0.149. The summed E-state index contributed by atoms with van der Waals surface area (Å²) in [4.78, 5) is 82.6. The van der Waals surface area contributed by atoms with Gasteiger partial charge in [-0.2, -0.15) is 0 Å². The molecule has 1 aliphatic heterocycles. The van der Waals surface area contributed by atoms with Gasteiger partial charge in [-0.05, 0) is 12.8 Å². The monoisotopic (exact) mass is 459 g/mol. The van der Waals surface area contributed by atoms with E-state index in [1.807, 2.05) is 5.32 Å². The number of carboxylic acid groups (broad SMARTS) is 3. The van der Waals surface area contributed by atoms with Crippen molar-refractivity contribution < 1.29 is 48.9 Å². The Morgan fingerprint density at radius 2 is 1.47 bits per heavy atom. The van der Waals surface area contributed by atoms with E-state index in [0.717, 1.165) is 4.90 Å². The Hall–Kier alpha value is -3.75. The second-order valence-corrected chi connectivity index (χ2v) is 7.12. The maximum atomic E-state index is 12.7. The van der Waals surface area contributed by atoms with E-state index in [1.54, 1.807) is 0 Å². The van der Waals surface area contributed by atoms with Crippen molar-refractivity contribution in [3.05, 3.63) is 0 Å². The highest BCUT2D eigenvalue weighted by Gasteiger charge is 2.38. The number of amides is 4. The minimum atomic E-state index is -1.86. The van der Waals surface area contributed by atoms with Crippen LogP contribution in [0.25, 0.3) is 0 Å². The van der Waals surface area contributed by atoms with Crippen LogP contribution in [0.15, 0.2) is 0 Å². The molecule has 0 aromatic rings. The Kier molecular flexibility index (Phi) is 9.52. The molecule has 1 aliphatic rings. The molecule has 1 rings (SSSR count). The molecule has 1 fully saturated rings. The van der Waals surface area contributed by atoms with Crippen molar-refractivity contribution in [3.8, 4) is 0 Å². The molecule has 0 spiro atoms. The minimum Gasteiger partial charge on any atom is -0.481 e. The first-order valence-corrected chi connectivity index (χ1v) is 9.45. The average Bonchev–Trinajstić information content (AvgIpc) is 3.14. The Morgan fingerprint density at radius 1 is 0.906 bits per heavy atom. The molecule has 0 saturated carbocycles. The first kappa shape index (κ1) is 26.3. The molecule has 178 valence electrons. The summed E-state index contributed by atoms with van der Waals surface area (Å²) in [5.41, 5.74) is 10.6. The number of nitrogens with zero attached hydrogens (tertiary/aromatic N) is 1. The highest BCUT2D eigenvalue weighted by molar-refractivity contribution is 5.96. The van der Waals surface area contributed by atoms with E-state index in [-0.39, 0.29) is 13.0 Å². The molecule has 1 heterocycles. The summed E-state index contributed by atoms with van der Waals surface area (Å²) in [5, 5.41) is 30.8. The van der Waals surface area contributed by atoms with E-state index in [1.165, 1.54) is 0 Å². The lowest BCUT2D eigenvalue weighted by Crippen LogP contribution is -2.57. The number of carboxylic acids is 3.